The molecular formula is C12H13ClO3. The van der Waals surface area contributed by atoms with Gasteiger partial charge in [0.2, 0.25) is 0 Å². The van der Waals surface area contributed by atoms with E-state index in [1.165, 1.54) is 0 Å². The van der Waals surface area contributed by atoms with E-state index < -0.39 is 11.5 Å². The predicted molar refractivity (Wildman–Crippen MR) is 62.3 cm³/mol. The first-order chi connectivity index (χ1) is 7.59. The summed E-state index contributed by atoms with van der Waals surface area (Å²) in [6, 6.07) is 8.67. The van der Waals surface area contributed by atoms with E-state index in [0.29, 0.717) is 11.1 Å². The maximum Gasteiger partial charge on any atom is 0.338 e. The van der Waals surface area contributed by atoms with Crippen molar-refractivity contribution in [2.75, 3.05) is 6.61 Å². The monoisotopic (exact) mass is 240 g/mol. The van der Waals surface area contributed by atoms with Crippen LogP contribution in [0.15, 0.2) is 42.5 Å². The molecule has 0 saturated carbocycles. The number of aliphatic hydroxyl groups excluding tert-OH is 1. The Labute approximate surface area is 99.3 Å². The molecule has 0 amide bonds. The van der Waals surface area contributed by atoms with Gasteiger partial charge in [-0.25, -0.2) is 4.79 Å². The lowest BCUT2D eigenvalue weighted by Crippen LogP contribution is -2.09. The Morgan fingerprint density at radius 1 is 1.44 bits per heavy atom. The van der Waals surface area contributed by atoms with Crippen LogP contribution in [0.5, 0.6) is 0 Å². The molecule has 0 aliphatic heterocycles. The lowest BCUT2D eigenvalue weighted by atomic mass is 10.2. The maximum absolute atomic E-state index is 11.5. The Balaban J connectivity index is 2.39. The summed E-state index contributed by atoms with van der Waals surface area (Å²) in [7, 11) is 0. The van der Waals surface area contributed by atoms with Gasteiger partial charge in [-0.2, -0.15) is 0 Å². The first-order valence-electron chi connectivity index (χ1n) is 4.80. The van der Waals surface area contributed by atoms with E-state index >= 15 is 0 Å². The summed E-state index contributed by atoms with van der Waals surface area (Å²) < 4.78 is 4.98. The molecule has 1 rings (SSSR count). The molecule has 0 radical (unpaired) electrons. The third kappa shape index (κ3) is 4.47. The summed E-state index contributed by atoms with van der Waals surface area (Å²) in [4.78, 5) is 11.5. The summed E-state index contributed by atoms with van der Waals surface area (Å²) in [6.07, 6.45) is 0.212. The second kappa shape index (κ2) is 6.30. The number of carbonyl (C=O) groups is 1. The highest BCUT2D eigenvalue weighted by atomic mass is 35.5. The summed E-state index contributed by atoms with van der Waals surface area (Å²) >= 11 is 5.36. The molecule has 1 aromatic carbocycles. The Morgan fingerprint density at radius 3 is 2.62 bits per heavy atom. The Bertz CT molecular complexity index is 360. The van der Waals surface area contributed by atoms with E-state index in [9.17, 15) is 4.79 Å². The molecule has 1 N–H and O–H groups in total. The van der Waals surface area contributed by atoms with Gasteiger partial charge in [-0.05, 0) is 17.7 Å². The molecule has 4 heteroatoms. The quantitative estimate of drug-likeness (QED) is 0.488. The molecule has 86 valence electrons. The van der Waals surface area contributed by atoms with Gasteiger partial charge < -0.3 is 9.84 Å². The van der Waals surface area contributed by atoms with Crippen LogP contribution in [0.4, 0.5) is 0 Å². The largest absolute Gasteiger partial charge is 0.458 e. The fourth-order valence-electron chi connectivity index (χ4n) is 1.12. The Hall–Kier alpha value is -1.32. The van der Waals surface area contributed by atoms with Crippen molar-refractivity contribution in [3.05, 3.63) is 48.0 Å². The zero-order valence-corrected chi connectivity index (χ0v) is 9.48. The van der Waals surface area contributed by atoms with E-state index in [0.717, 1.165) is 0 Å². The smallest absolute Gasteiger partial charge is 0.338 e. The van der Waals surface area contributed by atoms with Crippen LogP contribution in [0.2, 0.25) is 0 Å². The van der Waals surface area contributed by atoms with Gasteiger partial charge in [0, 0.05) is 6.42 Å². The third-order valence-corrected chi connectivity index (χ3v) is 2.03. The molecule has 0 heterocycles. The number of benzene rings is 1. The summed E-state index contributed by atoms with van der Waals surface area (Å²) in [5.41, 5.74) is 0.0800. The lowest BCUT2D eigenvalue weighted by Gasteiger charge is -2.08. The van der Waals surface area contributed by atoms with Crippen LogP contribution >= 0.6 is 11.6 Å². The zero-order valence-electron chi connectivity index (χ0n) is 8.73. The molecule has 1 atom stereocenters. The van der Waals surface area contributed by atoms with Crippen LogP contribution < -0.4 is 0 Å². The first-order valence-corrected chi connectivity index (χ1v) is 5.24. The standard InChI is InChI=1S/C12H13ClO3/c1-9(7-11(13)14)8-16-12(15)10-5-3-2-4-6-10/h2-6,11,14H,1,7-8H2. The van der Waals surface area contributed by atoms with Crippen molar-refractivity contribution in [1.29, 1.82) is 0 Å². The molecule has 3 nitrogen and oxygen atoms in total. The van der Waals surface area contributed by atoms with Crippen molar-refractivity contribution in [1.82, 2.24) is 0 Å². The van der Waals surface area contributed by atoms with Gasteiger partial charge in [-0.3, -0.25) is 0 Å². The van der Waals surface area contributed by atoms with Gasteiger partial charge in [-0.15, -0.1) is 0 Å². The molecule has 0 fully saturated rings. The number of ether oxygens (including phenoxy) is 1. The van der Waals surface area contributed by atoms with Crippen molar-refractivity contribution in [3.8, 4) is 0 Å². The average Bonchev–Trinajstić information content (AvgIpc) is 2.26. The van der Waals surface area contributed by atoms with Crippen molar-refractivity contribution in [2.45, 2.75) is 12.0 Å². The Morgan fingerprint density at radius 2 is 2.06 bits per heavy atom. The van der Waals surface area contributed by atoms with E-state index in [-0.39, 0.29) is 13.0 Å². The molecule has 0 bridgehead atoms. The van der Waals surface area contributed by atoms with Crippen molar-refractivity contribution < 1.29 is 14.6 Å². The highest BCUT2D eigenvalue weighted by Gasteiger charge is 2.08. The van der Waals surface area contributed by atoms with E-state index in [4.69, 9.17) is 21.4 Å². The highest BCUT2D eigenvalue weighted by molar-refractivity contribution is 6.19. The van der Waals surface area contributed by atoms with Crippen molar-refractivity contribution >= 4 is 17.6 Å². The normalized spacial score (nSPS) is 11.9. The minimum atomic E-state index is -0.983. The molecule has 16 heavy (non-hydrogen) atoms. The summed E-state index contributed by atoms with van der Waals surface area (Å²) in [6.45, 7) is 3.71. The van der Waals surface area contributed by atoms with E-state index in [2.05, 4.69) is 6.58 Å². The molecule has 1 unspecified atom stereocenters. The predicted octanol–water partition coefficient (Wildman–Crippen LogP) is 2.35. The van der Waals surface area contributed by atoms with Crippen LogP contribution in [-0.4, -0.2) is 23.2 Å². The number of alkyl halides is 1. The SMILES string of the molecule is C=C(COC(=O)c1ccccc1)CC(O)Cl. The van der Waals surface area contributed by atoms with E-state index in [1.807, 2.05) is 6.07 Å². The first kappa shape index (κ1) is 12.7. The van der Waals surface area contributed by atoms with Crippen LogP contribution in [0.1, 0.15) is 16.8 Å². The summed E-state index contributed by atoms with van der Waals surface area (Å²) in [5.74, 6) is -0.411. The average molecular weight is 241 g/mol. The number of halogens is 1. The summed E-state index contributed by atoms with van der Waals surface area (Å²) in [5, 5.41) is 8.87. The molecule has 0 aromatic heterocycles. The van der Waals surface area contributed by atoms with E-state index in [1.54, 1.807) is 24.3 Å². The van der Waals surface area contributed by atoms with Crippen LogP contribution in [0.3, 0.4) is 0 Å². The number of aliphatic hydroxyl groups is 1. The molecule has 0 aliphatic carbocycles. The maximum atomic E-state index is 11.5. The fraction of sp³-hybridized carbons (Fsp3) is 0.250. The second-order valence-electron chi connectivity index (χ2n) is 3.33. The molecule has 0 spiro atoms. The van der Waals surface area contributed by atoms with Gasteiger partial charge >= 0.3 is 5.97 Å². The molecule has 0 saturated heterocycles. The topological polar surface area (TPSA) is 46.5 Å². The number of esters is 1. The third-order valence-electron chi connectivity index (χ3n) is 1.87. The molecule has 1 aromatic rings. The molecular weight excluding hydrogens is 228 g/mol. The van der Waals surface area contributed by atoms with Crippen molar-refractivity contribution in [2.24, 2.45) is 0 Å². The zero-order chi connectivity index (χ0) is 12.0. The minimum absolute atomic E-state index is 0.0670. The molecule has 0 aliphatic rings. The lowest BCUT2D eigenvalue weighted by molar-refractivity contribution is 0.0534. The van der Waals surface area contributed by atoms with Crippen LogP contribution in [-0.2, 0) is 4.74 Å². The van der Waals surface area contributed by atoms with Gasteiger partial charge in [-0.1, -0.05) is 36.4 Å². The van der Waals surface area contributed by atoms with Crippen LogP contribution in [0.25, 0.3) is 0 Å². The van der Waals surface area contributed by atoms with Gasteiger partial charge in [0.1, 0.15) is 12.2 Å². The number of hydrogen-bond acceptors (Lipinski definition) is 3. The van der Waals surface area contributed by atoms with Gasteiger partial charge in [0.25, 0.3) is 0 Å². The van der Waals surface area contributed by atoms with Gasteiger partial charge in [0.15, 0.2) is 0 Å². The number of carbonyl (C=O) groups excluding carboxylic acids is 1. The van der Waals surface area contributed by atoms with Crippen molar-refractivity contribution in [3.63, 3.8) is 0 Å². The highest BCUT2D eigenvalue weighted by Crippen LogP contribution is 2.08. The van der Waals surface area contributed by atoms with Crippen LogP contribution in [0, 0.1) is 0 Å². The van der Waals surface area contributed by atoms with Gasteiger partial charge in [0.05, 0.1) is 5.56 Å². The minimum Gasteiger partial charge on any atom is -0.458 e. The number of rotatable bonds is 5. The fourth-order valence-corrected chi connectivity index (χ4v) is 1.34. The Kier molecular flexibility index (Phi) is 5.02. The second-order valence-corrected chi connectivity index (χ2v) is 3.83. The number of hydrogen-bond donors (Lipinski definition) is 1.